The van der Waals surface area contributed by atoms with Gasteiger partial charge >= 0.3 is 6.09 Å². The molecule has 0 unspecified atom stereocenters. The van der Waals surface area contributed by atoms with E-state index in [0.717, 1.165) is 26.1 Å². The van der Waals surface area contributed by atoms with Crippen molar-refractivity contribution in [3.8, 4) is 0 Å². The highest BCUT2D eigenvalue weighted by atomic mass is 16.5. The highest BCUT2D eigenvalue weighted by molar-refractivity contribution is 5.65. The van der Waals surface area contributed by atoms with Gasteiger partial charge in [0, 0.05) is 11.5 Å². The van der Waals surface area contributed by atoms with Crippen molar-refractivity contribution in [3.05, 3.63) is 0 Å². The molecule has 4 heteroatoms. The van der Waals surface area contributed by atoms with Gasteiger partial charge in [0.2, 0.25) is 0 Å². The molecule has 1 amide bonds. The molecule has 0 atom stereocenters. The van der Waals surface area contributed by atoms with E-state index in [0.29, 0.717) is 5.41 Å². The van der Waals surface area contributed by atoms with Crippen LogP contribution in [0.2, 0.25) is 0 Å². The molecule has 11 heavy (non-hydrogen) atoms. The number of amides is 1. The van der Waals surface area contributed by atoms with Gasteiger partial charge in [0.1, 0.15) is 0 Å². The Hall–Kier alpha value is -0.770. The van der Waals surface area contributed by atoms with E-state index in [1.165, 1.54) is 0 Å². The van der Waals surface area contributed by atoms with Crippen LogP contribution in [-0.4, -0.2) is 30.5 Å². The average Bonchev–Trinajstić information content (AvgIpc) is 1.71. The number of nitrogens with one attached hydrogen (secondary N) is 1. The predicted octanol–water partition coefficient (Wildman–Crippen LogP) is 0.433. The molecule has 1 aliphatic heterocycles. The van der Waals surface area contributed by atoms with Crippen molar-refractivity contribution >= 4 is 6.09 Å². The third-order valence-electron chi connectivity index (χ3n) is 2.50. The van der Waals surface area contributed by atoms with E-state index in [-0.39, 0.29) is 6.04 Å². The first-order chi connectivity index (χ1) is 5.20. The zero-order valence-electron chi connectivity index (χ0n) is 6.17. The largest absolute Gasteiger partial charge is 0.465 e. The normalized spacial score (nSPS) is 27.3. The van der Waals surface area contributed by atoms with Crippen LogP contribution >= 0.6 is 0 Å². The fraction of sp³-hybridized carbons (Fsp3) is 0.857. The topological polar surface area (TPSA) is 58.6 Å². The third kappa shape index (κ3) is 1.07. The van der Waals surface area contributed by atoms with Gasteiger partial charge in [-0.2, -0.15) is 0 Å². The number of hydrogen-bond donors (Lipinski definition) is 2. The van der Waals surface area contributed by atoms with Crippen molar-refractivity contribution in [2.75, 3.05) is 13.2 Å². The summed E-state index contributed by atoms with van der Waals surface area (Å²) in [5.74, 6) is 0. The summed E-state index contributed by atoms with van der Waals surface area (Å²) in [6.45, 7) is 1.65. The van der Waals surface area contributed by atoms with Gasteiger partial charge < -0.3 is 15.2 Å². The molecule has 0 aromatic heterocycles. The lowest BCUT2D eigenvalue weighted by molar-refractivity contribution is -0.166. The van der Waals surface area contributed by atoms with Crippen LogP contribution < -0.4 is 5.32 Å². The summed E-state index contributed by atoms with van der Waals surface area (Å²) in [5.41, 5.74) is 0.354. The van der Waals surface area contributed by atoms with E-state index >= 15 is 0 Å². The van der Waals surface area contributed by atoms with Gasteiger partial charge in [-0.1, -0.05) is 0 Å². The molecule has 1 spiro atoms. The van der Waals surface area contributed by atoms with Crippen LogP contribution in [0.15, 0.2) is 0 Å². The minimum absolute atomic E-state index is 0.177. The van der Waals surface area contributed by atoms with E-state index < -0.39 is 6.09 Å². The molecule has 0 aromatic carbocycles. The Bertz CT molecular complexity index is 180. The number of hydrogen-bond acceptors (Lipinski definition) is 2. The quantitative estimate of drug-likeness (QED) is 0.580. The summed E-state index contributed by atoms with van der Waals surface area (Å²) < 4.78 is 5.06. The first-order valence-electron chi connectivity index (χ1n) is 3.77. The van der Waals surface area contributed by atoms with Crippen LogP contribution in [-0.2, 0) is 4.74 Å². The summed E-state index contributed by atoms with van der Waals surface area (Å²) >= 11 is 0. The molecule has 2 rings (SSSR count). The summed E-state index contributed by atoms with van der Waals surface area (Å²) in [4.78, 5) is 10.2. The Labute approximate surface area is 64.5 Å². The van der Waals surface area contributed by atoms with E-state index in [9.17, 15) is 4.79 Å². The van der Waals surface area contributed by atoms with E-state index in [1.807, 2.05) is 0 Å². The Kier molecular flexibility index (Phi) is 1.32. The molecule has 0 bridgehead atoms. The van der Waals surface area contributed by atoms with Crippen molar-refractivity contribution in [1.82, 2.24) is 5.32 Å². The lowest BCUT2D eigenvalue weighted by atomic mass is 9.64. The predicted molar refractivity (Wildman–Crippen MR) is 37.4 cm³/mol. The standard InChI is InChI=1S/C7H11NO3/c9-6(10)8-5-1-7(2-5)3-11-4-7/h5,8H,1-4H2,(H,9,10). The van der Waals surface area contributed by atoms with Gasteiger partial charge in [0.15, 0.2) is 0 Å². The van der Waals surface area contributed by atoms with Crippen molar-refractivity contribution < 1.29 is 14.6 Å². The van der Waals surface area contributed by atoms with Crippen LogP contribution in [0.5, 0.6) is 0 Å². The highest BCUT2D eigenvalue weighted by Crippen LogP contribution is 2.46. The maximum absolute atomic E-state index is 10.2. The Balaban J connectivity index is 1.75. The van der Waals surface area contributed by atoms with Gasteiger partial charge in [0.05, 0.1) is 13.2 Å². The molecule has 0 radical (unpaired) electrons. The molecule has 2 aliphatic rings. The monoisotopic (exact) mass is 157 g/mol. The molecule has 62 valence electrons. The Morgan fingerprint density at radius 2 is 2.18 bits per heavy atom. The van der Waals surface area contributed by atoms with Crippen LogP contribution in [0.25, 0.3) is 0 Å². The van der Waals surface area contributed by atoms with Crippen LogP contribution in [0, 0.1) is 5.41 Å². The minimum Gasteiger partial charge on any atom is -0.465 e. The lowest BCUT2D eigenvalue weighted by Gasteiger charge is -2.52. The van der Waals surface area contributed by atoms with Crippen molar-refractivity contribution in [2.45, 2.75) is 18.9 Å². The molecule has 1 heterocycles. The second kappa shape index (κ2) is 2.11. The van der Waals surface area contributed by atoms with Gasteiger partial charge in [-0.3, -0.25) is 0 Å². The first-order valence-corrected chi connectivity index (χ1v) is 3.77. The summed E-state index contributed by atoms with van der Waals surface area (Å²) in [6, 6.07) is 0.177. The zero-order chi connectivity index (χ0) is 7.90. The lowest BCUT2D eigenvalue weighted by Crippen LogP contribution is -2.59. The summed E-state index contributed by atoms with van der Waals surface area (Å²) in [7, 11) is 0. The van der Waals surface area contributed by atoms with E-state index in [4.69, 9.17) is 9.84 Å². The summed E-state index contributed by atoms with van der Waals surface area (Å²) in [6.07, 6.45) is 1.00. The van der Waals surface area contributed by atoms with Crippen LogP contribution in [0.4, 0.5) is 4.79 Å². The van der Waals surface area contributed by atoms with Crippen molar-refractivity contribution in [2.24, 2.45) is 5.41 Å². The molecular weight excluding hydrogens is 146 g/mol. The number of carbonyl (C=O) groups is 1. The molecule has 2 N–H and O–H groups in total. The fourth-order valence-electron chi connectivity index (χ4n) is 1.89. The minimum atomic E-state index is -0.912. The average molecular weight is 157 g/mol. The second-order valence-corrected chi connectivity index (χ2v) is 3.55. The molecule has 2 fully saturated rings. The molecule has 4 nitrogen and oxygen atoms in total. The molecule has 1 saturated carbocycles. The van der Waals surface area contributed by atoms with Crippen LogP contribution in [0.1, 0.15) is 12.8 Å². The van der Waals surface area contributed by atoms with E-state index in [2.05, 4.69) is 5.32 Å². The third-order valence-corrected chi connectivity index (χ3v) is 2.50. The maximum atomic E-state index is 10.2. The Morgan fingerprint density at radius 3 is 2.55 bits per heavy atom. The second-order valence-electron chi connectivity index (χ2n) is 3.55. The van der Waals surface area contributed by atoms with Gasteiger partial charge in [0.25, 0.3) is 0 Å². The van der Waals surface area contributed by atoms with Gasteiger partial charge in [-0.05, 0) is 12.8 Å². The molecule has 0 aromatic rings. The molecule has 1 aliphatic carbocycles. The maximum Gasteiger partial charge on any atom is 0.404 e. The van der Waals surface area contributed by atoms with Gasteiger partial charge in [-0.25, -0.2) is 4.79 Å². The first kappa shape index (κ1) is 6.91. The summed E-state index contributed by atoms with van der Waals surface area (Å²) in [5, 5.41) is 10.8. The highest BCUT2D eigenvalue weighted by Gasteiger charge is 2.50. The SMILES string of the molecule is O=C(O)NC1CC2(COC2)C1. The fourth-order valence-corrected chi connectivity index (χ4v) is 1.89. The van der Waals surface area contributed by atoms with Crippen LogP contribution in [0.3, 0.4) is 0 Å². The number of carboxylic acid groups (broad SMARTS) is 1. The Morgan fingerprint density at radius 1 is 1.55 bits per heavy atom. The number of ether oxygens (including phenoxy) is 1. The van der Waals surface area contributed by atoms with Crippen molar-refractivity contribution in [1.29, 1.82) is 0 Å². The van der Waals surface area contributed by atoms with Crippen molar-refractivity contribution in [3.63, 3.8) is 0 Å². The van der Waals surface area contributed by atoms with E-state index in [1.54, 1.807) is 0 Å². The van der Waals surface area contributed by atoms with Gasteiger partial charge in [-0.15, -0.1) is 0 Å². The molecular formula is C7H11NO3. The zero-order valence-corrected chi connectivity index (χ0v) is 6.17. The number of rotatable bonds is 1. The smallest absolute Gasteiger partial charge is 0.404 e. The molecule has 1 saturated heterocycles.